The predicted molar refractivity (Wildman–Crippen MR) is 61.2 cm³/mol. The second-order valence-electron chi connectivity index (χ2n) is 3.09. The van der Waals surface area contributed by atoms with Crippen LogP contribution in [0, 0.1) is 6.92 Å². The molecule has 0 aromatic carbocycles. The first kappa shape index (κ1) is 11.6. The molecule has 0 unspecified atom stereocenters. The summed E-state index contributed by atoms with van der Waals surface area (Å²) in [6.45, 7) is 2.13. The third-order valence-electron chi connectivity index (χ3n) is 1.87. The number of hydrogen-bond donors (Lipinski definition) is 1. The second-order valence-corrected chi connectivity index (χ2v) is 3.61. The summed E-state index contributed by atoms with van der Waals surface area (Å²) in [5.74, 6) is 0. The minimum absolute atomic E-state index is 0.157. The fourth-order valence-electron chi connectivity index (χ4n) is 1.18. The highest BCUT2D eigenvalue weighted by Gasteiger charge is 2.06. The maximum absolute atomic E-state index is 11.6. The van der Waals surface area contributed by atoms with Crippen LogP contribution in [0.3, 0.4) is 0 Å². The van der Waals surface area contributed by atoms with E-state index < -0.39 is 0 Å². The van der Waals surface area contributed by atoms with E-state index in [0.29, 0.717) is 23.6 Å². The molecule has 0 spiro atoms. The number of aromatic nitrogens is 2. The number of thiocarbonyl (C=S) groups is 1. The monoisotopic (exact) mass is 227 g/mol. The van der Waals surface area contributed by atoms with Gasteiger partial charge in [0, 0.05) is 24.7 Å². The van der Waals surface area contributed by atoms with E-state index in [1.165, 1.54) is 17.7 Å². The first-order valence-electron chi connectivity index (χ1n) is 4.45. The van der Waals surface area contributed by atoms with Crippen molar-refractivity contribution in [3.8, 4) is 6.01 Å². The van der Waals surface area contributed by atoms with Crippen molar-refractivity contribution in [1.29, 1.82) is 0 Å². The van der Waals surface area contributed by atoms with Crippen LogP contribution in [0.1, 0.15) is 12.1 Å². The van der Waals surface area contributed by atoms with Gasteiger partial charge in [-0.3, -0.25) is 9.36 Å². The van der Waals surface area contributed by atoms with E-state index in [4.69, 9.17) is 22.7 Å². The van der Waals surface area contributed by atoms with Crippen molar-refractivity contribution in [2.75, 3.05) is 7.11 Å². The van der Waals surface area contributed by atoms with Crippen molar-refractivity contribution < 1.29 is 4.74 Å². The van der Waals surface area contributed by atoms with Gasteiger partial charge in [-0.1, -0.05) is 12.2 Å². The topological polar surface area (TPSA) is 70.1 Å². The Morgan fingerprint density at radius 2 is 2.40 bits per heavy atom. The molecular weight excluding hydrogens is 214 g/mol. The summed E-state index contributed by atoms with van der Waals surface area (Å²) in [7, 11) is 1.47. The Bertz CT molecular complexity index is 428. The number of rotatable bonds is 4. The molecule has 82 valence electrons. The maximum atomic E-state index is 11.6. The molecule has 0 amide bonds. The molecule has 0 aliphatic rings. The quantitative estimate of drug-likeness (QED) is 0.746. The summed E-state index contributed by atoms with van der Waals surface area (Å²) in [5.41, 5.74) is 5.84. The lowest BCUT2D eigenvalue weighted by Crippen LogP contribution is -2.25. The van der Waals surface area contributed by atoms with Crippen LogP contribution < -0.4 is 16.0 Å². The highest BCUT2D eigenvalue weighted by Crippen LogP contribution is 2.04. The predicted octanol–water partition coefficient (Wildman–Crippen LogP) is 0.237. The van der Waals surface area contributed by atoms with E-state index >= 15 is 0 Å². The van der Waals surface area contributed by atoms with Gasteiger partial charge in [0.05, 0.1) is 12.1 Å². The molecule has 0 fully saturated rings. The summed E-state index contributed by atoms with van der Waals surface area (Å²) in [6.07, 6.45) is 0.455. The summed E-state index contributed by atoms with van der Waals surface area (Å²) >= 11 is 4.74. The van der Waals surface area contributed by atoms with E-state index in [9.17, 15) is 4.79 Å². The molecule has 0 radical (unpaired) electrons. The Balaban J connectivity index is 3.04. The van der Waals surface area contributed by atoms with Gasteiger partial charge in [-0.05, 0) is 6.92 Å². The number of aryl methyl sites for hydroxylation is 1. The average Bonchev–Trinajstić information content (AvgIpc) is 2.14. The standard InChI is InChI=1S/C9H13N3O2S/c1-6-5-8(13)12(4-3-7(10)15)9(11-6)14-2/h5H,3-4H2,1-2H3,(H2,10,15). The molecule has 1 aromatic heterocycles. The highest BCUT2D eigenvalue weighted by atomic mass is 32.1. The van der Waals surface area contributed by atoms with Crippen LogP contribution in [0.2, 0.25) is 0 Å². The zero-order chi connectivity index (χ0) is 11.4. The van der Waals surface area contributed by atoms with Crippen LogP contribution in [0.4, 0.5) is 0 Å². The van der Waals surface area contributed by atoms with E-state index in [0.717, 1.165) is 0 Å². The van der Waals surface area contributed by atoms with Gasteiger partial charge >= 0.3 is 0 Å². The first-order valence-corrected chi connectivity index (χ1v) is 4.86. The molecule has 0 aliphatic heterocycles. The lowest BCUT2D eigenvalue weighted by Gasteiger charge is -2.09. The Morgan fingerprint density at radius 3 is 2.93 bits per heavy atom. The molecule has 1 rings (SSSR count). The van der Waals surface area contributed by atoms with Gasteiger partial charge in [0.1, 0.15) is 0 Å². The van der Waals surface area contributed by atoms with Crippen LogP contribution >= 0.6 is 12.2 Å². The zero-order valence-electron chi connectivity index (χ0n) is 8.69. The number of hydrogen-bond acceptors (Lipinski definition) is 4. The van der Waals surface area contributed by atoms with E-state index in [1.807, 2.05) is 0 Å². The lowest BCUT2D eigenvalue weighted by molar-refractivity contribution is 0.346. The molecule has 0 saturated heterocycles. The number of nitrogens with zero attached hydrogens (tertiary/aromatic N) is 2. The molecule has 1 aromatic rings. The van der Waals surface area contributed by atoms with Gasteiger partial charge in [-0.25, -0.2) is 4.98 Å². The molecule has 2 N–H and O–H groups in total. The van der Waals surface area contributed by atoms with Crippen molar-refractivity contribution in [3.63, 3.8) is 0 Å². The van der Waals surface area contributed by atoms with Gasteiger partial charge in [0.2, 0.25) is 0 Å². The Kier molecular flexibility index (Phi) is 3.79. The Morgan fingerprint density at radius 1 is 1.73 bits per heavy atom. The number of nitrogens with two attached hydrogens (primary N) is 1. The van der Waals surface area contributed by atoms with Gasteiger partial charge in [-0.15, -0.1) is 0 Å². The number of ether oxygens (including phenoxy) is 1. The van der Waals surface area contributed by atoms with Gasteiger partial charge in [-0.2, -0.15) is 0 Å². The molecule has 15 heavy (non-hydrogen) atoms. The van der Waals surface area contributed by atoms with E-state index in [2.05, 4.69) is 4.98 Å². The fourth-order valence-corrected chi connectivity index (χ4v) is 1.27. The number of methoxy groups -OCH3 is 1. The largest absolute Gasteiger partial charge is 0.468 e. The van der Waals surface area contributed by atoms with E-state index in [-0.39, 0.29) is 11.6 Å². The average molecular weight is 227 g/mol. The van der Waals surface area contributed by atoms with Crippen LogP contribution in [0.25, 0.3) is 0 Å². The molecule has 0 aliphatic carbocycles. The van der Waals surface area contributed by atoms with Gasteiger partial charge < -0.3 is 10.5 Å². The second kappa shape index (κ2) is 4.88. The normalized spacial score (nSPS) is 10.0. The Hall–Kier alpha value is -1.43. The maximum Gasteiger partial charge on any atom is 0.299 e. The van der Waals surface area contributed by atoms with Crippen molar-refractivity contribution in [2.45, 2.75) is 19.9 Å². The highest BCUT2D eigenvalue weighted by molar-refractivity contribution is 7.80. The molecular formula is C9H13N3O2S. The van der Waals surface area contributed by atoms with Crippen molar-refractivity contribution >= 4 is 17.2 Å². The van der Waals surface area contributed by atoms with Crippen LogP contribution in [-0.4, -0.2) is 21.6 Å². The summed E-state index contributed by atoms with van der Waals surface area (Å²) < 4.78 is 6.42. The SMILES string of the molecule is COc1nc(C)cc(=O)n1CCC(N)=S. The third-order valence-corrected chi connectivity index (χ3v) is 2.07. The lowest BCUT2D eigenvalue weighted by atomic mass is 10.4. The van der Waals surface area contributed by atoms with Crippen LogP contribution in [0.15, 0.2) is 10.9 Å². The third kappa shape index (κ3) is 3.02. The summed E-state index contributed by atoms with van der Waals surface area (Å²) in [5, 5.41) is 0. The fraction of sp³-hybridized carbons (Fsp3) is 0.444. The van der Waals surface area contributed by atoms with Crippen molar-refractivity contribution in [1.82, 2.24) is 9.55 Å². The Labute approximate surface area is 92.9 Å². The smallest absolute Gasteiger partial charge is 0.299 e. The van der Waals surface area contributed by atoms with Crippen molar-refractivity contribution in [3.05, 3.63) is 22.1 Å². The van der Waals surface area contributed by atoms with Gasteiger partial charge in [0.15, 0.2) is 0 Å². The minimum atomic E-state index is -0.157. The van der Waals surface area contributed by atoms with Crippen LogP contribution in [0.5, 0.6) is 6.01 Å². The summed E-state index contributed by atoms with van der Waals surface area (Å²) in [6, 6.07) is 1.73. The molecule has 0 bridgehead atoms. The van der Waals surface area contributed by atoms with E-state index in [1.54, 1.807) is 6.92 Å². The molecule has 5 nitrogen and oxygen atoms in total. The molecule has 1 heterocycles. The summed E-state index contributed by atoms with van der Waals surface area (Å²) in [4.78, 5) is 16.0. The minimum Gasteiger partial charge on any atom is -0.468 e. The first-order chi connectivity index (χ1) is 7.04. The molecule has 0 atom stereocenters. The van der Waals surface area contributed by atoms with Gasteiger partial charge in [0.25, 0.3) is 11.6 Å². The van der Waals surface area contributed by atoms with Crippen molar-refractivity contribution in [2.24, 2.45) is 5.73 Å². The van der Waals surface area contributed by atoms with Crippen LogP contribution in [-0.2, 0) is 6.54 Å². The molecule has 6 heteroatoms. The molecule has 0 saturated carbocycles. The zero-order valence-corrected chi connectivity index (χ0v) is 9.50.